The molecule has 210 valence electrons. The van der Waals surface area contributed by atoms with Crippen molar-refractivity contribution in [2.45, 2.75) is 79.2 Å². The molecule has 0 spiro atoms. The minimum absolute atomic E-state index is 0.108. The van der Waals surface area contributed by atoms with Crippen LogP contribution in [0, 0.1) is 17.8 Å². The van der Waals surface area contributed by atoms with Crippen molar-refractivity contribution in [3.63, 3.8) is 0 Å². The van der Waals surface area contributed by atoms with E-state index < -0.39 is 5.92 Å². The molecule has 5 rings (SSSR count). The molecule has 2 aromatic rings. The van der Waals surface area contributed by atoms with Crippen LogP contribution < -0.4 is 14.8 Å². The van der Waals surface area contributed by atoms with Crippen LogP contribution >= 0.6 is 0 Å². The Labute approximate surface area is 238 Å². The van der Waals surface area contributed by atoms with E-state index >= 15 is 0 Å². The Balaban J connectivity index is 1.64. The van der Waals surface area contributed by atoms with Gasteiger partial charge in [-0.05, 0) is 54.2 Å². The average molecular weight is 540 g/mol. The number of nitrogens with one attached hydrogen (secondary N) is 1. The minimum Gasteiger partial charge on any atom is -0.493 e. The van der Waals surface area contributed by atoms with E-state index in [9.17, 15) is 9.59 Å². The van der Waals surface area contributed by atoms with Crippen LogP contribution in [0.5, 0.6) is 11.5 Å². The largest absolute Gasteiger partial charge is 0.493 e. The molecule has 0 amide bonds. The zero-order chi connectivity index (χ0) is 28.8. The quantitative estimate of drug-likeness (QED) is 0.375. The van der Waals surface area contributed by atoms with Gasteiger partial charge in [0, 0.05) is 46.9 Å². The van der Waals surface area contributed by atoms with Gasteiger partial charge in [-0.2, -0.15) is 0 Å². The zero-order valence-corrected chi connectivity index (χ0v) is 24.7. The summed E-state index contributed by atoms with van der Waals surface area (Å²) in [5.41, 5.74) is 7.17. The van der Waals surface area contributed by atoms with Crippen LogP contribution in [0.15, 0.2) is 71.6 Å². The molecular weight excluding hydrogens is 498 g/mol. The average Bonchev–Trinajstić information content (AvgIpc) is 2.86. The Morgan fingerprint density at radius 3 is 2.02 bits per heavy atom. The van der Waals surface area contributed by atoms with Crippen LogP contribution in [0.3, 0.4) is 0 Å². The number of ether oxygens (including phenoxy) is 2. The van der Waals surface area contributed by atoms with Crippen LogP contribution in [-0.2, 0) is 22.6 Å². The van der Waals surface area contributed by atoms with E-state index in [0.29, 0.717) is 37.4 Å². The smallest absolute Gasteiger partial charge is 0.165 e. The SMILES string of the molecule is C=CCc1cc(C2C3=C(CC(C)(C)CC3=O)NC3=C2C(=O)CC(C)(C)C3)cc(OC)c1OCc1ccc(C)cc1. The number of dihydropyridines is 1. The summed E-state index contributed by atoms with van der Waals surface area (Å²) in [6, 6.07) is 12.3. The Morgan fingerprint density at radius 2 is 1.50 bits per heavy atom. The molecule has 0 atom stereocenters. The number of hydrogen-bond acceptors (Lipinski definition) is 5. The van der Waals surface area contributed by atoms with E-state index in [1.165, 1.54) is 5.56 Å². The lowest BCUT2D eigenvalue weighted by Crippen LogP contribution is -2.42. The molecule has 2 aliphatic carbocycles. The van der Waals surface area contributed by atoms with E-state index in [1.807, 2.05) is 12.1 Å². The summed E-state index contributed by atoms with van der Waals surface area (Å²) in [5.74, 6) is 1.04. The number of aryl methyl sites for hydroxylation is 1. The Kier molecular flexibility index (Phi) is 7.28. The van der Waals surface area contributed by atoms with E-state index in [-0.39, 0.29) is 22.4 Å². The highest BCUT2D eigenvalue weighted by Crippen LogP contribution is 2.52. The van der Waals surface area contributed by atoms with Crippen molar-refractivity contribution in [2.75, 3.05) is 7.11 Å². The molecule has 0 fully saturated rings. The maximum atomic E-state index is 13.7. The summed E-state index contributed by atoms with van der Waals surface area (Å²) >= 11 is 0. The van der Waals surface area contributed by atoms with Crippen LogP contribution in [-0.4, -0.2) is 18.7 Å². The standard InChI is InChI=1S/C35H41NO4/c1-8-9-23-14-24(15-29(39-7)33(23)40-20-22-12-10-21(2)11-13-22)30-31-25(16-34(3,4)18-27(31)37)36-26-17-35(5,6)19-28(38)32(26)30/h8,10-15,30,36H,1,9,16-20H2,2-7H3. The van der Waals surface area contributed by atoms with Gasteiger partial charge in [0.2, 0.25) is 0 Å². The number of rotatable bonds is 7. The number of ketones is 2. The molecule has 5 heteroatoms. The lowest BCUT2D eigenvalue weighted by atomic mass is 9.64. The van der Waals surface area contributed by atoms with Gasteiger partial charge in [0.05, 0.1) is 7.11 Å². The highest BCUT2D eigenvalue weighted by molar-refractivity contribution is 6.06. The maximum Gasteiger partial charge on any atom is 0.165 e. The number of hydrogen-bond donors (Lipinski definition) is 1. The number of methoxy groups -OCH3 is 1. The topological polar surface area (TPSA) is 64.6 Å². The molecule has 2 aromatic carbocycles. The van der Waals surface area contributed by atoms with Gasteiger partial charge in [0.25, 0.3) is 0 Å². The number of benzene rings is 2. The van der Waals surface area contributed by atoms with Crippen molar-refractivity contribution in [1.29, 1.82) is 0 Å². The predicted molar refractivity (Wildman–Crippen MR) is 158 cm³/mol. The predicted octanol–water partition coefficient (Wildman–Crippen LogP) is 7.28. The Bertz CT molecular complexity index is 1390. The van der Waals surface area contributed by atoms with Crippen LogP contribution in [0.2, 0.25) is 0 Å². The first-order valence-corrected chi connectivity index (χ1v) is 14.2. The van der Waals surface area contributed by atoms with Gasteiger partial charge < -0.3 is 14.8 Å². The molecule has 0 bridgehead atoms. The Hall–Kier alpha value is -3.60. The lowest BCUT2D eigenvalue weighted by Gasteiger charge is -2.44. The van der Waals surface area contributed by atoms with Gasteiger partial charge in [-0.3, -0.25) is 9.59 Å². The summed E-state index contributed by atoms with van der Waals surface area (Å²) < 4.78 is 12.2. The molecule has 0 saturated carbocycles. The second kappa shape index (κ2) is 10.4. The Morgan fingerprint density at radius 1 is 0.925 bits per heavy atom. The maximum absolute atomic E-state index is 13.7. The molecule has 5 nitrogen and oxygen atoms in total. The van der Waals surface area contributed by atoms with Crippen molar-refractivity contribution in [3.05, 3.63) is 93.8 Å². The summed E-state index contributed by atoms with van der Waals surface area (Å²) in [5, 5.41) is 3.60. The third kappa shape index (κ3) is 5.39. The van der Waals surface area contributed by atoms with Gasteiger partial charge in [0.1, 0.15) is 6.61 Å². The third-order valence-electron chi connectivity index (χ3n) is 8.29. The molecule has 1 heterocycles. The lowest BCUT2D eigenvalue weighted by molar-refractivity contribution is -0.119. The normalized spacial score (nSPS) is 20.1. The first-order valence-electron chi connectivity index (χ1n) is 14.2. The van der Waals surface area contributed by atoms with Crippen LogP contribution in [0.25, 0.3) is 0 Å². The first-order chi connectivity index (χ1) is 18.9. The van der Waals surface area contributed by atoms with Crippen molar-refractivity contribution in [1.82, 2.24) is 5.32 Å². The third-order valence-corrected chi connectivity index (χ3v) is 8.29. The summed E-state index contributed by atoms with van der Waals surface area (Å²) in [7, 11) is 1.63. The molecule has 0 unspecified atom stereocenters. The van der Waals surface area contributed by atoms with Gasteiger partial charge >= 0.3 is 0 Å². The number of Topliss-reactive ketones (excluding diaryl/α,β-unsaturated/α-hetero) is 2. The minimum atomic E-state index is -0.429. The van der Waals surface area contributed by atoms with Gasteiger partial charge in [-0.1, -0.05) is 69.7 Å². The summed E-state index contributed by atoms with van der Waals surface area (Å²) in [6.45, 7) is 15.0. The molecular formula is C35H41NO4. The fraction of sp³-hybridized carbons (Fsp3) is 0.429. The molecule has 40 heavy (non-hydrogen) atoms. The molecule has 3 aliphatic rings. The van der Waals surface area contributed by atoms with Crippen molar-refractivity contribution >= 4 is 11.6 Å². The van der Waals surface area contributed by atoms with Crippen LogP contribution in [0.4, 0.5) is 0 Å². The summed E-state index contributed by atoms with van der Waals surface area (Å²) in [6.07, 6.45) is 4.87. The highest BCUT2D eigenvalue weighted by Gasteiger charge is 2.46. The van der Waals surface area contributed by atoms with Crippen molar-refractivity contribution in [2.24, 2.45) is 10.8 Å². The zero-order valence-electron chi connectivity index (χ0n) is 24.7. The fourth-order valence-corrected chi connectivity index (χ4v) is 6.53. The van der Waals surface area contributed by atoms with Crippen LogP contribution in [0.1, 0.15) is 81.5 Å². The van der Waals surface area contributed by atoms with Crippen molar-refractivity contribution in [3.8, 4) is 11.5 Å². The van der Waals surface area contributed by atoms with E-state index in [2.05, 4.69) is 76.8 Å². The van der Waals surface area contributed by atoms with Gasteiger partial charge in [-0.25, -0.2) is 0 Å². The molecule has 0 radical (unpaired) electrons. The number of carbonyl (C=O) groups is 2. The number of carbonyl (C=O) groups excluding carboxylic acids is 2. The molecule has 0 aromatic heterocycles. The summed E-state index contributed by atoms with van der Waals surface area (Å²) in [4.78, 5) is 27.5. The highest BCUT2D eigenvalue weighted by atomic mass is 16.5. The van der Waals surface area contributed by atoms with E-state index in [0.717, 1.165) is 52.1 Å². The first kappa shape index (κ1) is 27.9. The number of allylic oxidation sites excluding steroid dienone is 5. The van der Waals surface area contributed by atoms with E-state index in [4.69, 9.17) is 9.47 Å². The van der Waals surface area contributed by atoms with Gasteiger partial charge in [0.15, 0.2) is 23.1 Å². The molecule has 1 aliphatic heterocycles. The second-order valence-electron chi connectivity index (χ2n) is 13.2. The molecule has 1 N–H and O–H groups in total. The van der Waals surface area contributed by atoms with E-state index in [1.54, 1.807) is 7.11 Å². The fourth-order valence-electron chi connectivity index (χ4n) is 6.53. The molecule has 0 saturated heterocycles. The second-order valence-corrected chi connectivity index (χ2v) is 13.2. The monoisotopic (exact) mass is 539 g/mol. The van der Waals surface area contributed by atoms with Gasteiger partial charge in [-0.15, -0.1) is 6.58 Å². The van der Waals surface area contributed by atoms with Crippen molar-refractivity contribution < 1.29 is 19.1 Å².